The number of hydrogen-bond acceptors (Lipinski definition) is 1. The van der Waals surface area contributed by atoms with Crippen LogP contribution < -0.4 is 0 Å². The monoisotopic (exact) mass is 304 g/mol. The van der Waals surface area contributed by atoms with Crippen LogP contribution in [0.2, 0.25) is 0 Å². The molecule has 2 saturated carbocycles. The van der Waals surface area contributed by atoms with E-state index < -0.39 is 0 Å². The van der Waals surface area contributed by atoms with Gasteiger partial charge in [-0.1, -0.05) is 52.3 Å². The van der Waals surface area contributed by atoms with Gasteiger partial charge in [-0.2, -0.15) is 0 Å². The normalized spacial score (nSPS) is 37.8. The Bertz CT molecular complexity index is 410. The van der Waals surface area contributed by atoms with Crippen LogP contribution in [-0.2, 0) is 4.74 Å². The van der Waals surface area contributed by atoms with Gasteiger partial charge in [0.05, 0.1) is 6.10 Å². The average Bonchev–Trinajstić information content (AvgIpc) is 2.82. The molecule has 0 radical (unpaired) electrons. The quantitative estimate of drug-likeness (QED) is 0.404. The summed E-state index contributed by atoms with van der Waals surface area (Å²) < 4.78 is 6.31. The summed E-state index contributed by atoms with van der Waals surface area (Å²) in [4.78, 5) is 0. The highest BCUT2D eigenvalue weighted by molar-refractivity contribution is 5.27. The molecule has 0 aromatic rings. The van der Waals surface area contributed by atoms with Crippen LogP contribution in [0.15, 0.2) is 24.3 Å². The molecule has 0 saturated heterocycles. The van der Waals surface area contributed by atoms with E-state index in [4.69, 9.17) is 4.74 Å². The minimum Gasteiger partial charge on any atom is -0.378 e. The van der Waals surface area contributed by atoms with Gasteiger partial charge in [-0.25, -0.2) is 0 Å². The zero-order valence-corrected chi connectivity index (χ0v) is 15.3. The first kappa shape index (κ1) is 17.8. The van der Waals surface area contributed by atoms with Gasteiger partial charge < -0.3 is 4.74 Å². The van der Waals surface area contributed by atoms with Crippen molar-refractivity contribution in [1.29, 1.82) is 0 Å². The van der Waals surface area contributed by atoms with Crippen LogP contribution in [0.1, 0.15) is 72.6 Å². The second-order valence-corrected chi connectivity index (χ2v) is 7.93. The van der Waals surface area contributed by atoms with Gasteiger partial charge in [0.1, 0.15) is 0 Å². The van der Waals surface area contributed by atoms with Crippen molar-refractivity contribution in [3.05, 3.63) is 24.3 Å². The van der Waals surface area contributed by atoms with Crippen molar-refractivity contribution in [1.82, 2.24) is 0 Å². The van der Waals surface area contributed by atoms with Gasteiger partial charge in [0.2, 0.25) is 0 Å². The Labute approximate surface area is 138 Å². The zero-order valence-electron chi connectivity index (χ0n) is 15.3. The number of ether oxygens (including phenoxy) is 1. The van der Waals surface area contributed by atoms with Crippen molar-refractivity contribution < 1.29 is 4.74 Å². The molecule has 126 valence electrons. The highest BCUT2D eigenvalue weighted by atomic mass is 16.5. The molecule has 2 rings (SSSR count). The number of fused-ring (bicyclic) bond motifs is 1. The first-order chi connectivity index (χ1) is 10.5. The Morgan fingerprint density at radius 3 is 2.50 bits per heavy atom. The summed E-state index contributed by atoms with van der Waals surface area (Å²) in [6, 6.07) is 0. The van der Waals surface area contributed by atoms with Crippen molar-refractivity contribution in [3.63, 3.8) is 0 Å². The molecule has 2 aliphatic carbocycles. The van der Waals surface area contributed by atoms with Crippen LogP contribution in [0.25, 0.3) is 0 Å². The predicted octanol–water partition coefficient (Wildman–Crippen LogP) is 6.16. The third-order valence-corrected chi connectivity index (χ3v) is 6.63. The molecular weight excluding hydrogens is 268 g/mol. The van der Waals surface area contributed by atoms with Crippen molar-refractivity contribution in [2.24, 2.45) is 23.2 Å². The molecule has 5 unspecified atom stereocenters. The highest BCUT2D eigenvalue weighted by Gasteiger charge is 2.54. The predicted molar refractivity (Wildman–Crippen MR) is 95.9 cm³/mol. The summed E-state index contributed by atoms with van der Waals surface area (Å²) in [5.74, 6) is 2.22. The average molecular weight is 305 g/mol. The van der Waals surface area contributed by atoms with E-state index in [-0.39, 0.29) is 0 Å². The third kappa shape index (κ3) is 3.20. The molecule has 0 aliphatic heterocycles. The lowest BCUT2D eigenvalue weighted by Crippen LogP contribution is -2.44. The Kier molecular flexibility index (Phi) is 5.94. The fourth-order valence-electron chi connectivity index (χ4n) is 5.20. The highest BCUT2D eigenvalue weighted by Crippen LogP contribution is 2.59. The fourth-order valence-corrected chi connectivity index (χ4v) is 5.20. The molecule has 1 nitrogen and oxygen atoms in total. The number of rotatable bonds is 7. The van der Waals surface area contributed by atoms with Crippen molar-refractivity contribution in [2.75, 3.05) is 6.61 Å². The standard InChI is InChI=1S/C21H36O/c1-7-9-14-22-20-11-10-19-17(8-2)18(16(5)15(3)4)12-13-21(19,20)6/h17-20H,3,5,7-14H2,1-2,4,6H3. The summed E-state index contributed by atoms with van der Waals surface area (Å²) in [6.45, 7) is 18.7. The summed E-state index contributed by atoms with van der Waals surface area (Å²) in [7, 11) is 0. The molecule has 0 aromatic heterocycles. The minimum atomic E-state index is 0.389. The first-order valence-corrected chi connectivity index (χ1v) is 9.41. The van der Waals surface area contributed by atoms with Gasteiger partial charge in [0.25, 0.3) is 0 Å². The maximum Gasteiger partial charge on any atom is 0.0631 e. The second-order valence-electron chi connectivity index (χ2n) is 7.93. The van der Waals surface area contributed by atoms with E-state index in [1.807, 2.05) is 0 Å². The summed E-state index contributed by atoms with van der Waals surface area (Å²) in [5.41, 5.74) is 2.88. The third-order valence-electron chi connectivity index (χ3n) is 6.63. The molecule has 0 spiro atoms. The molecule has 0 heterocycles. The smallest absolute Gasteiger partial charge is 0.0631 e. The van der Waals surface area contributed by atoms with E-state index in [0.717, 1.165) is 18.4 Å². The van der Waals surface area contributed by atoms with Crippen LogP contribution in [0.5, 0.6) is 0 Å². The summed E-state index contributed by atoms with van der Waals surface area (Å²) in [5, 5.41) is 0. The van der Waals surface area contributed by atoms with Crippen LogP contribution in [-0.4, -0.2) is 12.7 Å². The lowest BCUT2D eigenvalue weighted by Gasteiger charge is -2.49. The van der Waals surface area contributed by atoms with Crippen molar-refractivity contribution in [2.45, 2.75) is 78.7 Å². The van der Waals surface area contributed by atoms with Gasteiger partial charge in [0, 0.05) is 6.61 Å². The van der Waals surface area contributed by atoms with E-state index >= 15 is 0 Å². The molecule has 5 atom stereocenters. The summed E-state index contributed by atoms with van der Waals surface area (Å²) >= 11 is 0. The molecule has 2 fully saturated rings. The number of unbranched alkanes of at least 4 members (excludes halogenated alkanes) is 1. The van der Waals surface area contributed by atoms with Crippen LogP contribution >= 0.6 is 0 Å². The van der Waals surface area contributed by atoms with Gasteiger partial charge >= 0.3 is 0 Å². The largest absolute Gasteiger partial charge is 0.378 e. The molecule has 0 amide bonds. The van der Waals surface area contributed by atoms with Gasteiger partial charge in [-0.3, -0.25) is 0 Å². The van der Waals surface area contributed by atoms with E-state index in [0.29, 0.717) is 17.4 Å². The molecule has 0 N–H and O–H groups in total. The lowest BCUT2D eigenvalue weighted by molar-refractivity contribution is -0.0669. The summed E-state index contributed by atoms with van der Waals surface area (Å²) in [6.07, 6.45) is 9.33. The molecule has 2 aliphatic rings. The van der Waals surface area contributed by atoms with Crippen molar-refractivity contribution >= 4 is 0 Å². The molecule has 22 heavy (non-hydrogen) atoms. The first-order valence-electron chi connectivity index (χ1n) is 9.41. The number of hydrogen-bond donors (Lipinski definition) is 0. The van der Waals surface area contributed by atoms with E-state index in [1.54, 1.807) is 0 Å². The van der Waals surface area contributed by atoms with E-state index in [2.05, 4.69) is 40.9 Å². The molecule has 0 bridgehead atoms. The Balaban J connectivity index is 2.11. The maximum absolute atomic E-state index is 6.31. The second kappa shape index (κ2) is 7.34. The van der Waals surface area contributed by atoms with Crippen LogP contribution in [0.4, 0.5) is 0 Å². The van der Waals surface area contributed by atoms with E-state index in [1.165, 1.54) is 56.1 Å². The van der Waals surface area contributed by atoms with Crippen LogP contribution in [0.3, 0.4) is 0 Å². The van der Waals surface area contributed by atoms with Crippen LogP contribution in [0, 0.1) is 23.2 Å². The SMILES string of the molecule is C=C(C)C(=C)C1CCC2(C)C(OCCCC)CCC2C1CC. The Hall–Kier alpha value is -0.560. The molecular formula is C21H36O. The van der Waals surface area contributed by atoms with Gasteiger partial charge in [-0.15, -0.1) is 0 Å². The Morgan fingerprint density at radius 2 is 1.91 bits per heavy atom. The lowest BCUT2D eigenvalue weighted by atomic mass is 9.57. The fraction of sp³-hybridized carbons (Fsp3) is 0.810. The van der Waals surface area contributed by atoms with Crippen molar-refractivity contribution in [3.8, 4) is 0 Å². The van der Waals surface area contributed by atoms with Gasteiger partial charge in [0.15, 0.2) is 0 Å². The number of allylic oxidation sites excluding steroid dienone is 2. The topological polar surface area (TPSA) is 9.23 Å². The maximum atomic E-state index is 6.31. The van der Waals surface area contributed by atoms with E-state index in [9.17, 15) is 0 Å². The zero-order chi connectivity index (χ0) is 16.3. The molecule has 0 aromatic carbocycles. The van der Waals surface area contributed by atoms with Gasteiger partial charge in [-0.05, 0) is 67.8 Å². The molecule has 1 heteroatoms. The minimum absolute atomic E-state index is 0.389. The Morgan fingerprint density at radius 1 is 1.18 bits per heavy atom.